The highest BCUT2D eigenvalue weighted by Crippen LogP contribution is 2.07. The highest BCUT2D eigenvalue weighted by atomic mass is 16.5. The van der Waals surface area contributed by atoms with Crippen LogP contribution in [0.25, 0.3) is 0 Å². The van der Waals surface area contributed by atoms with Crippen LogP contribution in [0.5, 0.6) is 5.75 Å². The zero-order chi connectivity index (χ0) is 12.6. The highest BCUT2D eigenvalue weighted by Gasteiger charge is 2.02. The summed E-state index contributed by atoms with van der Waals surface area (Å²) in [4.78, 5) is 15.1. The zero-order valence-corrected chi connectivity index (χ0v) is 9.59. The lowest BCUT2D eigenvalue weighted by Gasteiger charge is -2.07. The maximum atomic E-state index is 11.4. The molecule has 0 aliphatic carbocycles. The number of hydrogen-bond donors (Lipinski definition) is 3. The first-order valence-electron chi connectivity index (χ1n) is 5.42. The van der Waals surface area contributed by atoms with E-state index in [1.165, 1.54) is 6.33 Å². The fourth-order valence-corrected chi connectivity index (χ4v) is 1.27. The smallest absolute Gasteiger partial charge is 0.321 e. The van der Waals surface area contributed by atoms with E-state index in [2.05, 4.69) is 25.8 Å². The number of nitrogens with zero attached hydrogens (tertiary/aromatic N) is 2. The second-order valence-corrected chi connectivity index (χ2v) is 3.38. The summed E-state index contributed by atoms with van der Waals surface area (Å²) in [6.45, 7) is 0.794. The van der Waals surface area contributed by atoms with Gasteiger partial charge >= 0.3 is 6.03 Å². The number of ether oxygens (including phenoxy) is 1. The number of aromatic amines is 1. The van der Waals surface area contributed by atoms with Crippen LogP contribution in [0.1, 0.15) is 0 Å². The molecule has 2 rings (SSSR count). The molecule has 0 radical (unpaired) electrons. The van der Waals surface area contributed by atoms with Crippen LogP contribution >= 0.6 is 0 Å². The summed E-state index contributed by atoms with van der Waals surface area (Å²) in [5, 5.41) is 11.2. The topological polar surface area (TPSA) is 91.9 Å². The van der Waals surface area contributed by atoms with Gasteiger partial charge in [0.2, 0.25) is 5.95 Å². The summed E-state index contributed by atoms with van der Waals surface area (Å²) in [5.74, 6) is 1.08. The monoisotopic (exact) mass is 247 g/mol. The van der Waals surface area contributed by atoms with Gasteiger partial charge in [0.05, 0.1) is 6.54 Å². The molecule has 3 N–H and O–H groups in total. The van der Waals surface area contributed by atoms with E-state index in [9.17, 15) is 4.79 Å². The highest BCUT2D eigenvalue weighted by molar-refractivity contribution is 5.87. The standard InChI is InChI=1S/C11H13N5O2/c17-11(15-10-13-8-14-16-10)12-6-7-18-9-4-2-1-3-5-9/h1-5,8H,6-7H2,(H3,12,13,14,15,16,17). The number of para-hydroxylation sites is 1. The van der Waals surface area contributed by atoms with Crippen LogP contribution < -0.4 is 15.4 Å². The molecule has 94 valence electrons. The molecule has 0 spiro atoms. The van der Waals surface area contributed by atoms with Gasteiger partial charge < -0.3 is 10.1 Å². The van der Waals surface area contributed by atoms with Crippen molar-refractivity contribution in [2.75, 3.05) is 18.5 Å². The molecule has 0 unspecified atom stereocenters. The number of benzene rings is 1. The van der Waals surface area contributed by atoms with E-state index in [0.29, 0.717) is 19.1 Å². The Morgan fingerprint density at radius 3 is 2.89 bits per heavy atom. The molecule has 0 aliphatic heterocycles. The lowest BCUT2D eigenvalue weighted by molar-refractivity contribution is 0.247. The third-order valence-corrected chi connectivity index (χ3v) is 2.05. The summed E-state index contributed by atoms with van der Waals surface area (Å²) < 4.78 is 5.41. The molecule has 7 nitrogen and oxygen atoms in total. The van der Waals surface area contributed by atoms with Crippen molar-refractivity contribution >= 4 is 12.0 Å². The van der Waals surface area contributed by atoms with Crippen LogP contribution in [-0.4, -0.2) is 34.4 Å². The van der Waals surface area contributed by atoms with Crippen molar-refractivity contribution < 1.29 is 9.53 Å². The van der Waals surface area contributed by atoms with E-state index >= 15 is 0 Å². The van der Waals surface area contributed by atoms with Crippen molar-refractivity contribution in [2.24, 2.45) is 0 Å². The minimum atomic E-state index is -0.358. The van der Waals surface area contributed by atoms with Crippen molar-refractivity contribution in [3.05, 3.63) is 36.7 Å². The molecule has 0 aliphatic rings. The first-order chi connectivity index (χ1) is 8.84. The Morgan fingerprint density at radius 1 is 1.33 bits per heavy atom. The van der Waals surface area contributed by atoms with Gasteiger partial charge in [-0.3, -0.25) is 5.32 Å². The molecule has 0 saturated heterocycles. The Labute approximate surface area is 104 Å². The largest absolute Gasteiger partial charge is 0.492 e. The van der Waals surface area contributed by atoms with Gasteiger partial charge in [0.1, 0.15) is 18.7 Å². The average molecular weight is 247 g/mol. The number of carbonyl (C=O) groups is 1. The maximum absolute atomic E-state index is 11.4. The molecule has 1 aromatic heterocycles. The van der Waals surface area contributed by atoms with Crippen molar-refractivity contribution in [1.29, 1.82) is 0 Å². The summed E-state index contributed by atoms with van der Waals surface area (Å²) in [6, 6.07) is 9.04. The van der Waals surface area contributed by atoms with Crippen LogP contribution in [-0.2, 0) is 0 Å². The fourth-order valence-electron chi connectivity index (χ4n) is 1.27. The van der Waals surface area contributed by atoms with Crippen molar-refractivity contribution in [3.63, 3.8) is 0 Å². The molecule has 7 heteroatoms. The minimum absolute atomic E-state index is 0.302. The maximum Gasteiger partial charge on any atom is 0.321 e. The third-order valence-electron chi connectivity index (χ3n) is 2.05. The van der Waals surface area contributed by atoms with Crippen LogP contribution in [0.15, 0.2) is 36.7 Å². The quantitative estimate of drug-likeness (QED) is 0.687. The first kappa shape index (κ1) is 11.9. The fraction of sp³-hybridized carbons (Fsp3) is 0.182. The summed E-state index contributed by atoms with van der Waals surface area (Å²) in [6.07, 6.45) is 1.31. The van der Waals surface area contributed by atoms with Crippen LogP contribution in [0, 0.1) is 0 Å². The van der Waals surface area contributed by atoms with E-state index in [1.54, 1.807) is 0 Å². The van der Waals surface area contributed by atoms with Crippen LogP contribution in [0.2, 0.25) is 0 Å². The van der Waals surface area contributed by atoms with Gasteiger partial charge in [-0.05, 0) is 12.1 Å². The number of anilines is 1. The Balaban J connectivity index is 1.62. The second kappa shape index (κ2) is 6.24. The van der Waals surface area contributed by atoms with Crippen LogP contribution in [0.3, 0.4) is 0 Å². The zero-order valence-electron chi connectivity index (χ0n) is 9.59. The van der Waals surface area contributed by atoms with E-state index < -0.39 is 0 Å². The molecule has 18 heavy (non-hydrogen) atoms. The molecule has 1 aromatic carbocycles. The number of hydrogen-bond acceptors (Lipinski definition) is 4. The molecule has 0 saturated carbocycles. The summed E-state index contributed by atoms with van der Waals surface area (Å²) in [7, 11) is 0. The number of aromatic nitrogens is 3. The van der Waals surface area contributed by atoms with Crippen LogP contribution in [0.4, 0.5) is 10.7 Å². The van der Waals surface area contributed by atoms with Gasteiger partial charge in [-0.25, -0.2) is 9.89 Å². The average Bonchev–Trinajstić information content (AvgIpc) is 2.89. The number of carbonyl (C=O) groups excluding carboxylic acids is 1. The Kier molecular flexibility index (Phi) is 4.12. The number of urea groups is 1. The Bertz CT molecular complexity index is 471. The van der Waals surface area contributed by atoms with Gasteiger partial charge in [0, 0.05) is 0 Å². The predicted molar refractivity (Wildman–Crippen MR) is 65.3 cm³/mol. The molecule has 2 amide bonds. The number of amides is 2. The van der Waals surface area contributed by atoms with Gasteiger partial charge in [-0.2, -0.15) is 10.1 Å². The molecule has 0 bridgehead atoms. The molecular weight excluding hydrogens is 234 g/mol. The van der Waals surface area contributed by atoms with Crippen molar-refractivity contribution in [1.82, 2.24) is 20.5 Å². The Morgan fingerprint density at radius 2 is 2.17 bits per heavy atom. The van der Waals surface area contributed by atoms with Gasteiger partial charge in [-0.15, -0.1) is 0 Å². The van der Waals surface area contributed by atoms with E-state index in [-0.39, 0.29) is 6.03 Å². The van der Waals surface area contributed by atoms with Gasteiger partial charge in [-0.1, -0.05) is 18.2 Å². The lowest BCUT2D eigenvalue weighted by Crippen LogP contribution is -2.32. The number of rotatable bonds is 5. The molecular formula is C11H13N5O2. The summed E-state index contributed by atoms with van der Waals surface area (Å²) in [5.41, 5.74) is 0. The molecule has 0 fully saturated rings. The van der Waals surface area contributed by atoms with E-state index in [0.717, 1.165) is 5.75 Å². The predicted octanol–water partition coefficient (Wildman–Crippen LogP) is 1.01. The van der Waals surface area contributed by atoms with Crippen molar-refractivity contribution in [3.8, 4) is 5.75 Å². The summed E-state index contributed by atoms with van der Waals surface area (Å²) >= 11 is 0. The molecule has 1 heterocycles. The Hall–Kier alpha value is -2.57. The van der Waals surface area contributed by atoms with Gasteiger partial charge in [0.15, 0.2) is 0 Å². The third kappa shape index (κ3) is 3.78. The van der Waals surface area contributed by atoms with Gasteiger partial charge in [0.25, 0.3) is 0 Å². The lowest BCUT2D eigenvalue weighted by atomic mass is 10.3. The van der Waals surface area contributed by atoms with E-state index in [1.807, 2.05) is 30.3 Å². The number of nitrogens with one attached hydrogen (secondary N) is 3. The first-order valence-corrected chi connectivity index (χ1v) is 5.42. The van der Waals surface area contributed by atoms with E-state index in [4.69, 9.17) is 4.74 Å². The molecule has 0 atom stereocenters. The molecule has 2 aromatic rings. The van der Waals surface area contributed by atoms with Crippen molar-refractivity contribution in [2.45, 2.75) is 0 Å². The normalized spacial score (nSPS) is 9.78. The SMILES string of the molecule is O=C(NCCOc1ccccc1)Nc1ncn[nH]1. The second-order valence-electron chi connectivity index (χ2n) is 3.38. The number of H-pyrrole nitrogens is 1. The minimum Gasteiger partial charge on any atom is -0.492 e.